The molecule has 0 aliphatic heterocycles. The van der Waals surface area contributed by atoms with Crippen molar-refractivity contribution in [3.63, 3.8) is 0 Å². The van der Waals surface area contributed by atoms with E-state index in [2.05, 4.69) is 24.3 Å². The minimum atomic E-state index is -0.430. The summed E-state index contributed by atoms with van der Waals surface area (Å²) in [6.07, 6.45) is 1.61. The van der Waals surface area contributed by atoms with E-state index in [1.54, 1.807) is 6.92 Å². The summed E-state index contributed by atoms with van der Waals surface area (Å²) in [5.74, 6) is 0.905. The molecule has 0 heterocycles. The third-order valence-electron chi connectivity index (χ3n) is 3.39. The molecule has 106 valence electrons. The van der Waals surface area contributed by atoms with Gasteiger partial charge in [0.1, 0.15) is 5.75 Å². The van der Waals surface area contributed by atoms with Gasteiger partial charge in [0.05, 0.1) is 12.7 Å². The van der Waals surface area contributed by atoms with Gasteiger partial charge >= 0.3 is 0 Å². The monoisotopic (exact) mass is 270 g/mol. The van der Waals surface area contributed by atoms with E-state index in [1.165, 1.54) is 5.56 Å². The molecule has 0 saturated carbocycles. The fourth-order valence-corrected chi connectivity index (χ4v) is 2.20. The Hall–Kier alpha value is -1.80. The van der Waals surface area contributed by atoms with E-state index in [-0.39, 0.29) is 0 Å². The van der Waals surface area contributed by atoms with Gasteiger partial charge in [0.15, 0.2) is 0 Å². The van der Waals surface area contributed by atoms with Gasteiger partial charge in [-0.15, -0.1) is 0 Å². The summed E-state index contributed by atoms with van der Waals surface area (Å²) in [6.45, 7) is 4.50. The second-order valence-electron chi connectivity index (χ2n) is 5.14. The fraction of sp³-hybridized carbons (Fsp3) is 0.333. The highest BCUT2D eigenvalue weighted by Gasteiger charge is 2.05. The Morgan fingerprint density at radius 2 is 1.85 bits per heavy atom. The zero-order valence-electron chi connectivity index (χ0n) is 12.2. The van der Waals surface area contributed by atoms with E-state index in [0.717, 1.165) is 29.7 Å². The van der Waals surface area contributed by atoms with Crippen LogP contribution in [-0.4, -0.2) is 11.7 Å². The average molecular weight is 270 g/mol. The Morgan fingerprint density at radius 3 is 2.50 bits per heavy atom. The molecule has 1 atom stereocenters. The van der Waals surface area contributed by atoms with Crippen molar-refractivity contribution in [1.82, 2.24) is 0 Å². The molecular formula is C18H22O2. The Kier molecular flexibility index (Phi) is 5.19. The molecule has 1 N–H and O–H groups in total. The molecule has 2 aromatic rings. The number of hydrogen-bond acceptors (Lipinski definition) is 2. The van der Waals surface area contributed by atoms with Crippen LogP contribution in [0.5, 0.6) is 5.75 Å². The molecule has 2 rings (SSSR count). The average Bonchev–Trinajstić information content (AvgIpc) is 2.46. The van der Waals surface area contributed by atoms with E-state index < -0.39 is 6.10 Å². The molecule has 2 nitrogen and oxygen atoms in total. The molecule has 0 aliphatic rings. The summed E-state index contributed by atoms with van der Waals surface area (Å²) in [5, 5.41) is 9.54. The zero-order valence-corrected chi connectivity index (χ0v) is 12.2. The Morgan fingerprint density at radius 1 is 1.10 bits per heavy atom. The van der Waals surface area contributed by atoms with Gasteiger partial charge in [-0.05, 0) is 55.5 Å². The molecule has 0 aromatic heterocycles. The first-order valence-corrected chi connectivity index (χ1v) is 7.12. The largest absolute Gasteiger partial charge is 0.493 e. The molecule has 2 heteroatoms. The molecule has 0 amide bonds. The van der Waals surface area contributed by atoms with E-state index in [9.17, 15) is 5.11 Å². The first-order chi connectivity index (χ1) is 9.66. The molecule has 20 heavy (non-hydrogen) atoms. The van der Waals surface area contributed by atoms with Crippen LogP contribution in [0.2, 0.25) is 0 Å². The summed E-state index contributed by atoms with van der Waals surface area (Å²) in [7, 11) is 0. The molecule has 2 aromatic carbocycles. The minimum Gasteiger partial charge on any atom is -0.493 e. The Bertz CT molecular complexity index is 532. The van der Waals surface area contributed by atoms with Crippen LogP contribution in [0.1, 0.15) is 36.1 Å². The van der Waals surface area contributed by atoms with Gasteiger partial charge in [-0.25, -0.2) is 0 Å². The van der Waals surface area contributed by atoms with Crippen molar-refractivity contribution >= 4 is 0 Å². The molecular weight excluding hydrogens is 248 g/mol. The van der Waals surface area contributed by atoms with Crippen LogP contribution in [0, 0.1) is 6.92 Å². The Balaban J connectivity index is 1.82. The lowest BCUT2D eigenvalue weighted by atomic mass is 10.1. The van der Waals surface area contributed by atoms with Crippen LogP contribution in [0.25, 0.3) is 0 Å². The standard InChI is InChI=1S/C18H22O2/c1-14-13-17(15(2)19)10-11-18(14)20-12-6-9-16-7-4-3-5-8-16/h3-5,7-8,10-11,13,15,19H,6,9,12H2,1-2H3. The van der Waals surface area contributed by atoms with Gasteiger partial charge in [0.25, 0.3) is 0 Å². The summed E-state index contributed by atoms with van der Waals surface area (Å²) in [5.41, 5.74) is 3.35. The topological polar surface area (TPSA) is 29.5 Å². The zero-order chi connectivity index (χ0) is 14.4. The highest BCUT2D eigenvalue weighted by Crippen LogP contribution is 2.22. The maximum Gasteiger partial charge on any atom is 0.122 e. The van der Waals surface area contributed by atoms with Crippen LogP contribution < -0.4 is 4.74 Å². The van der Waals surface area contributed by atoms with Crippen LogP contribution >= 0.6 is 0 Å². The number of aliphatic hydroxyl groups is 1. The molecule has 0 bridgehead atoms. The fourth-order valence-electron chi connectivity index (χ4n) is 2.20. The summed E-state index contributed by atoms with van der Waals surface area (Å²) >= 11 is 0. The lowest BCUT2D eigenvalue weighted by Crippen LogP contribution is -2.01. The van der Waals surface area contributed by atoms with Gasteiger partial charge in [-0.2, -0.15) is 0 Å². The van der Waals surface area contributed by atoms with E-state index in [4.69, 9.17) is 4.74 Å². The Labute approximate surface area is 121 Å². The minimum absolute atomic E-state index is 0.430. The van der Waals surface area contributed by atoms with Gasteiger partial charge in [0, 0.05) is 0 Å². The van der Waals surface area contributed by atoms with E-state index in [1.807, 2.05) is 31.2 Å². The number of hydrogen-bond donors (Lipinski definition) is 1. The summed E-state index contributed by atoms with van der Waals surface area (Å²) in [6, 6.07) is 16.3. The van der Waals surface area contributed by atoms with Crippen molar-refractivity contribution in [2.45, 2.75) is 32.8 Å². The van der Waals surface area contributed by atoms with Crippen molar-refractivity contribution in [3.05, 3.63) is 65.2 Å². The van der Waals surface area contributed by atoms with Crippen molar-refractivity contribution in [3.8, 4) is 5.75 Å². The van der Waals surface area contributed by atoms with Gasteiger partial charge in [0.2, 0.25) is 0 Å². The quantitative estimate of drug-likeness (QED) is 0.802. The van der Waals surface area contributed by atoms with Crippen LogP contribution in [0.3, 0.4) is 0 Å². The third-order valence-corrected chi connectivity index (χ3v) is 3.39. The predicted octanol–water partition coefficient (Wildman–Crippen LogP) is 4.06. The molecule has 1 unspecified atom stereocenters. The molecule has 0 aliphatic carbocycles. The first kappa shape index (κ1) is 14.6. The van der Waals surface area contributed by atoms with Gasteiger partial charge in [-0.3, -0.25) is 0 Å². The number of aliphatic hydroxyl groups excluding tert-OH is 1. The highest BCUT2D eigenvalue weighted by molar-refractivity contribution is 5.36. The SMILES string of the molecule is Cc1cc(C(C)O)ccc1OCCCc1ccccc1. The molecule has 0 saturated heterocycles. The lowest BCUT2D eigenvalue weighted by Gasteiger charge is -2.12. The van der Waals surface area contributed by atoms with Crippen LogP contribution in [0.15, 0.2) is 48.5 Å². The number of benzene rings is 2. The number of ether oxygens (including phenoxy) is 1. The van der Waals surface area contributed by atoms with Crippen molar-refractivity contribution in [2.24, 2.45) is 0 Å². The molecule has 0 fully saturated rings. The number of rotatable bonds is 6. The second-order valence-corrected chi connectivity index (χ2v) is 5.14. The second kappa shape index (κ2) is 7.11. The van der Waals surface area contributed by atoms with Crippen molar-refractivity contribution < 1.29 is 9.84 Å². The van der Waals surface area contributed by atoms with E-state index >= 15 is 0 Å². The highest BCUT2D eigenvalue weighted by atomic mass is 16.5. The van der Waals surface area contributed by atoms with Crippen LogP contribution in [-0.2, 0) is 6.42 Å². The smallest absolute Gasteiger partial charge is 0.122 e. The van der Waals surface area contributed by atoms with Crippen LogP contribution in [0.4, 0.5) is 0 Å². The summed E-state index contributed by atoms with van der Waals surface area (Å²) < 4.78 is 5.81. The first-order valence-electron chi connectivity index (χ1n) is 7.12. The maximum atomic E-state index is 9.54. The van der Waals surface area contributed by atoms with Crippen molar-refractivity contribution in [2.75, 3.05) is 6.61 Å². The third kappa shape index (κ3) is 4.10. The predicted molar refractivity (Wildman–Crippen MR) is 82.1 cm³/mol. The van der Waals surface area contributed by atoms with Gasteiger partial charge < -0.3 is 9.84 Å². The normalized spacial score (nSPS) is 12.2. The van der Waals surface area contributed by atoms with Gasteiger partial charge in [-0.1, -0.05) is 36.4 Å². The maximum absolute atomic E-state index is 9.54. The molecule has 0 spiro atoms. The lowest BCUT2D eigenvalue weighted by molar-refractivity contribution is 0.199. The number of aryl methyl sites for hydroxylation is 2. The van der Waals surface area contributed by atoms with E-state index in [0.29, 0.717) is 6.61 Å². The van der Waals surface area contributed by atoms with Crippen molar-refractivity contribution in [1.29, 1.82) is 0 Å². The molecule has 0 radical (unpaired) electrons. The summed E-state index contributed by atoms with van der Waals surface area (Å²) in [4.78, 5) is 0.